The number of hydrogen-bond acceptors (Lipinski definition) is 2. The van der Waals surface area contributed by atoms with E-state index in [4.69, 9.17) is 0 Å². The molecule has 2 unspecified atom stereocenters. The van der Waals surface area contributed by atoms with Crippen LogP contribution < -0.4 is 0 Å². The maximum Gasteiger partial charge on any atom is 0.120 e. The summed E-state index contributed by atoms with van der Waals surface area (Å²) in [6.07, 6.45) is 16.8. The first kappa shape index (κ1) is 14.5. The summed E-state index contributed by atoms with van der Waals surface area (Å²) in [4.78, 5) is 2.13. The molecule has 1 N–H and O–H groups in total. The molecule has 2 atom stereocenters. The van der Waals surface area contributed by atoms with E-state index in [2.05, 4.69) is 55.1 Å². The van der Waals surface area contributed by atoms with Gasteiger partial charge in [-0.3, -0.25) is 0 Å². The van der Waals surface area contributed by atoms with Crippen LogP contribution >= 0.6 is 0 Å². The van der Waals surface area contributed by atoms with Crippen molar-refractivity contribution >= 4 is 0 Å². The van der Waals surface area contributed by atoms with Crippen LogP contribution in [0.5, 0.6) is 5.75 Å². The molecule has 3 rings (SSSR count). The SMILES string of the molecule is C=CC1C=CC=CC1(C1=CCN(C)C=C1)c1ccccc1O. The zero-order chi connectivity index (χ0) is 15.6. The van der Waals surface area contributed by atoms with E-state index in [1.807, 2.05) is 30.4 Å². The Hall–Kier alpha value is -2.48. The second-order valence-corrected chi connectivity index (χ2v) is 5.81. The predicted molar refractivity (Wildman–Crippen MR) is 91.6 cm³/mol. The molecule has 1 aromatic carbocycles. The molecule has 0 fully saturated rings. The molecule has 0 spiro atoms. The topological polar surface area (TPSA) is 23.5 Å². The van der Waals surface area contributed by atoms with E-state index >= 15 is 0 Å². The fraction of sp³-hybridized carbons (Fsp3) is 0.200. The second-order valence-electron chi connectivity index (χ2n) is 5.81. The molecule has 1 heterocycles. The van der Waals surface area contributed by atoms with Crippen molar-refractivity contribution in [2.75, 3.05) is 13.6 Å². The van der Waals surface area contributed by atoms with Gasteiger partial charge in [-0.05, 0) is 23.9 Å². The quantitative estimate of drug-likeness (QED) is 0.853. The van der Waals surface area contributed by atoms with Crippen molar-refractivity contribution < 1.29 is 5.11 Å². The molecular formula is C20H21NO. The Balaban J connectivity index is 2.22. The van der Waals surface area contributed by atoms with Crippen LogP contribution in [0.1, 0.15) is 5.56 Å². The Morgan fingerprint density at radius 2 is 2.14 bits per heavy atom. The molecule has 0 radical (unpaired) electrons. The fourth-order valence-corrected chi connectivity index (χ4v) is 3.34. The average molecular weight is 291 g/mol. The smallest absolute Gasteiger partial charge is 0.120 e. The van der Waals surface area contributed by atoms with Crippen LogP contribution in [0.15, 0.2) is 85.1 Å². The van der Waals surface area contributed by atoms with Gasteiger partial charge in [-0.15, -0.1) is 6.58 Å². The number of likely N-dealkylation sites (N-methyl/N-ethyl adjacent to an activating group) is 1. The zero-order valence-corrected chi connectivity index (χ0v) is 12.8. The van der Waals surface area contributed by atoms with E-state index in [1.165, 1.54) is 5.57 Å². The lowest BCUT2D eigenvalue weighted by Gasteiger charge is -2.40. The van der Waals surface area contributed by atoms with Gasteiger partial charge in [-0.25, -0.2) is 0 Å². The Labute approximate surface area is 132 Å². The lowest BCUT2D eigenvalue weighted by Crippen LogP contribution is -2.36. The van der Waals surface area contributed by atoms with Crippen molar-refractivity contribution in [3.8, 4) is 5.75 Å². The Bertz CT molecular complexity index is 695. The van der Waals surface area contributed by atoms with Gasteiger partial charge in [0, 0.05) is 25.1 Å². The third-order valence-corrected chi connectivity index (χ3v) is 4.50. The van der Waals surface area contributed by atoms with Crippen LogP contribution in [0, 0.1) is 5.92 Å². The zero-order valence-electron chi connectivity index (χ0n) is 12.8. The molecule has 0 saturated heterocycles. The molecule has 0 saturated carbocycles. The van der Waals surface area contributed by atoms with Crippen molar-refractivity contribution in [2.24, 2.45) is 5.92 Å². The summed E-state index contributed by atoms with van der Waals surface area (Å²) >= 11 is 0. The highest BCUT2D eigenvalue weighted by Gasteiger charge is 2.41. The summed E-state index contributed by atoms with van der Waals surface area (Å²) in [5, 5.41) is 10.5. The Kier molecular flexibility index (Phi) is 3.76. The molecule has 112 valence electrons. The lowest BCUT2D eigenvalue weighted by molar-refractivity contribution is 0.434. The maximum atomic E-state index is 10.5. The number of aromatic hydroxyl groups is 1. The van der Waals surface area contributed by atoms with Crippen LogP contribution in [-0.4, -0.2) is 23.6 Å². The van der Waals surface area contributed by atoms with Gasteiger partial charge >= 0.3 is 0 Å². The first-order chi connectivity index (χ1) is 10.7. The van der Waals surface area contributed by atoms with Crippen molar-refractivity contribution in [3.63, 3.8) is 0 Å². The van der Waals surface area contributed by atoms with Gasteiger partial charge in [0.1, 0.15) is 5.75 Å². The summed E-state index contributed by atoms with van der Waals surface area (Å²) in [5.41, 5.74) is 1.71. The second kappa shape index (κ2) is 5.72. The summed E-state index contributed by atoms with van der Waals surface area (Å²) in [6, 6.07) is 7.59. The minimum absolute atomic E-state index is 0.102. The van der Waals surface area contributed by atoms with Gasteiger partial charge in [0.15, 0.2) is 0 Å². The highest BCUT2D eigenvalue weighted by molar-refractivity contribution is 5.57. The predicted octanol–water partition coefficient (Wildman–Crippen LogP) is 3.94. The molecule has 2 aliphatic rings. The highest BCUT2D eigenvalue weighted by atomic mass is 16.3. The lowest BCUT2D eigenvalue weighted by atomic mass is 9.63. The molecule has 0 aromatic heterocycles. The standard InChI is InChI=1S/C20H21NO/c1-3-16-8-6-7-13-20(16,17-11-14-21(2)15-12-17)18-9-4-5-10-19(18)22/h3-14,16,22H,1,15H2,2H3. The van der Waals surface area contributed by atoms with Gasteiger partial charge in [-0.2, -0.15) is 0 Å². The van der Waals surface area contributed by atoms with E-state index in [9.17, 15) is 5.11 Å². The summed E-state index contributed by atoms with van der Waals surface area (Å²) < 4.78 is 0. The van der Waals surface area contributed by atoms with Gasteiger partial charge < -0.3 is 10.0 Å². The van der Waals surface area contributed by atoms with Crippen LogP contribution in [-0.2, 0) is 5.41 Å². The fourth-order valence-electron chi connectivity index (χ4n) is 3.34. The van der Waals surface area contributed by atoms with Gasteiger partial charge in [0.2, 0.25) is 0 Å². The number of phenolic OH excluding ortho intramolecular Hbond substituents is 1. The van der Waals surface area contributed by atoms with Crippen LogP contribution in [0.25, 0.3) is 0 Å². The van der Waals surface area contributed by atoms with E-state index in [-0.39, 0.29) is 5.92 Å². The molecule has 1 aromatic rings. The Morgan fingerprint density at radius 3 is 2.82 bits per heavy atom. The molecule has 0 bridgehead atoms. The summed E-state index contributed by atoms with van der Waals surface area (Å²) in [7, 11) is 2.05. The maximum absolute atomic E-state index is 10.5. The van der Waals surface area contributed by atoms with Gasteiger partial charge in [-0.1, -0.05) is 54.7 Å². The van der Waals surface area contributed by atoms with E-state index in [1.54, 1.807) is 6.07 Å². The minimum Gasteiger partial charge on any atom is -0.508 e. The monoisotopic (exact) mass is 291 g/mol. The summed E-state index contributed by atoms with van der Waals surface area (Å²) in [5.74, 6) is 0.424. The number of allylic oxidation sites excluding steroid dienone is 7. The number of benzene rings is 1. The van der Waals surface area contributed by atoms with Crippen LogP contribution in [0.4, 0.5) is 0 Å². The number of para-hydroxylation sites is 1. The molecule has 22 heavy (non-hydrogen) atoms. The van der Waals surface area contributed by atoms with Crippen molar-refractivity contribution in [3.05, 3.63) is 90.7 Å². The van der Waals surface area contributed by atoms with Gasteiger partial charge in [0.05, 0.1) is 5.41 Å². The third-order valence-electron chi connectivity index (χ3n) is 4.50. The van der Waals surface area contributed by atoms with Gasteiger partial charge in [0.25, 0.3) is 0 Å². The van der Waals surface area contributed by atoms with Crippen molar-refractivity contribution in [2.45, 2.75) is 5.41 Å². The largest absolute Gasteiger partial charge is 0.508 e. The van der Waals surface area contributed by atoms with Crippen LogP contribution in [0.3, 0.4) is 0 Å². The van der Waals surface area contributed by atoms with Crippen LogP contribution in [0.2, 0.25) is 0 Å². The molecular weight excluding hydrogens is 270 g/mol. The molecule has 1 aliphatic carbocycles. The third kappa shape index (κ3) is 2.21. The molecule has 0 amide bonds. The average Bonchev–Trinajstić information content (AvgIpc) is 2.56. The molecule has 2 nitrogen and oxygen atoms in total. The number of nitrogens with zero attached hydrogens (tertiary/aromatic N) is 1. The van der Waals surface area contributed by atoms with Crippen molar-refractivity contribution in [1.82, 2.24) is 4.90 Å². The summed E-state index contributed by atoms with van der Waals surface area (Å²) in [6.45, 7) is 4.88. The number of rotatable bonds is 3. The van der Waals surface area contributed by atoms with E-state index in [0.29, 0.717) is 5.75 Å². The molecule has 1 aliphatic heterocycles. The first-order valence-corrected chi connectivity index (χ1v) is 7.54. The van der Waals surface area contributed by atoms with Crippen molar-refractivity contribution in [1.29, 1.82) is 0 Å². The normalized spacial score (nSPS) is 26.9. The minimum atomic E-state index is -0.403. The van der Waals surface area contributed by atoms with E-state index < -0.39 is 5.41 Å². The highest BCUT2D eigenvalue weighted by Crippen LogP contribution is 2.48. The van der Waals surface area contributed by atoms with E-state index in [0.717, 1.165) is 12.1 Å². The first-order valence-electron chi connectivity index (χ1n) is 7.54. The Morgan fingerprint density at radius 1 is 1.32 bits per heavy atom. The number of hydrogen-bond donors (Lipinski definition) is 1. The number of phenols is 1. The molecule has 2 heteroatoms.